The first-order chi connectivity index (χ1) is 12.5. The zero-order chi connectivity index (χ0) is 18.3. The second kappa shape index (κ2) is 6.74. The van der Waals surface area contributed by atoms with Gasteiger partial charge in [-0.1, -0.05) is 35.3 Å². The van der Waals surface area contributed by atoms with E-state index in [2.05, 4.69) is 4.57 Å². The fourth-order valence-electron chi connectivity index (χ4n) is 3.35. The Morgan fingerprint density at radius 3 is 2.12 bits per heavy atom. The second-order valence-corrected chi connectivity index (χ2v) is 8.91. The van der Waals surface area contributed by atoms with Crippen LogP contribution in [-0.4, -0.2) is 23.8 Å². The number of hydrogen-bond acceptors (Lipinski definition) is 2. The van der Waals surface area contributed by atoms with Crippen LogP contribution in [0.1, 0.15) is 17.3 Å². The van der Waals surface area contributed by atoms with Crippen molar-refractivity contribution in [2.45, 2.75) is 17.5 Å². The molecular weight excluding hydrogens is 391 g/mol. The van der Waals surface area contributed by atoms with E-state index in [-0.39, 0.29) is 4.90 Å². The lowest BCUT2D eigenvalue weighted by Gasteiger charge is -2.36. The predicted octanol–water partition coefficient (Wildman–Crippen LogP) is 4.59. The number of benzene rings is 2. The molecule has 0 unspecified atom stereocenters. The predicted molar refractivity (Wildman–Crippen MR) is 103 cm³/mol. The third-order valence-corrected chi connectivity index (χ3v) is 6.98. The van der Waals surface area contributed by atoms with Crippen LogP contribution in [0.5, 0.6) is 0 Å². The maximum atomic E-state index is 13.3. The molecule has 0 saturated heterocycles. The summed E-state index contributed by atoms with van der Waals surface area (Å²) in [4.78, 5) is 0.237. The van der Waals surface area contributed by atoms with Gasteiger partial charge >= 0.3 is 0 Å². The van der Waals surface area contributed by atoms with Gasteiger partial charge in [0.2, 0.25) is 10.0 Å². The Morgan fingerprint density at radius 1 is 0.846 bits per heavy atom. The van der Waals surface area contributed by atoms with Gasteiger partial charge in [-0.05, 0) is 54.1 Å². The normalized spacial score (nSPS) is 17.8. The maximum Gasteiger partial charge on any atom is 0.244 e. The second-order valence-electron chi connectivity index (χ2n) is 6.15. The first-order valence-corrected chi connectivity index (χ1v) is 10.3. The molecule has 0 spiro atoms. The summed E-state index contributed by atoms with van der Waals surface area (Å²) in [6.07, 6.45) is 1.98. The molecule has 2 aromatic carbocycles. The Kier molecular flexibility index (Phi) is 4.57. The molecule has 7 heteroatoms. The van der Waals surface area contributed by atoms with E-state index in [1.165, 1.54) is 0 Å². The van der Waals surface area contributed by atoms with E-state index < -0.39 is 16.1 Å². The van der Waals surface area contributed by atoms with Crippen molar-refractivity contribution in [1.82, 2.24) is 8.87 Å². The van der Waals surface area contributed by atoms with E-state index in [0.717, 1.165) is 11.3 Å². The molecule has 4 rings (SSSR count). The van der Waals surface area contributed by atoms with E-state index in [4.69, 9.17) is 23.2 Å². The lowest BCUT2D eigenvalue weighted by Crippen LogP contribution is -2.42. The Balaban J connectivity index is 1.83. The minimum Gasteiger partial charge on any atom is -0.348 e. The van der Waals surface area contributed by atoms with Crippen LogP contribution < -0.4 is 0 Å². The Morgan fingerprint density at radius 2 is 1.46 bits per heavy atom. The minimum atomic E-state index is -3.68. The van der Waals surface area contributed by atoms with Gasteiger partial charge in [-0.3, -0.25) is 0 Å². The molecule has 1 atom stereocenters. The third kappa shape index (κ3) is 3.05. The van der Waals surface area contributed by atoms with Crippen LogP contribution in [0.2, 0.25) is 10.0 Å². The van der Waals surface area contributed by atoms with Gasteiger partial charge in [-0.25, -0.2) is 8.42 Å². The van der Waals surface area contributed by atoms with E-state index in [0.29, 0.717) is 23.1 Å². The molecule has 3 aromatic rings. The highest BCUT2D eigenvalue weighted by Gasteiger charge is 2.37. The molecule has 0 radical (unpaired) electrons. The van der Waals surface area contributed by atoms with Crippen LogP contribution in [-0.2, 0) is 16.6 Å². The summed E-state index contributed by atoms with van der Waals surface area (Å²) in [6.45, 7) is 0.999. The number of hydrogen-bond donors (Lipinski definition) is 0. The van der Waals surface area contributed by atoms with E-state index in [1.807, 2.05) is 30.5 Å². The van der Waals surface area contributed by atoms with Gasteiger partial charge in [-0.2, -0.15) is 4.31 Å². The molecule has 1 aliphatic rings. The summed E-state index contributed by atoms with van der Waals surface area (Å²) >= 11 is 11.9. The molecule has 0 N–H and O–H groups in total. The number of nitrogens with zero attached hydrogens (tertiary/aromatic N) is 2. The molecule has 26 heavy (non-hydrogen) atoms. The van der Waals surface area contributed by atoms with Crippen molar-refractivity contribution in [3.63, 3.8) is 0 Å². The number of aromatic nitrogens is 1. The summed E-state index contributed by atoms with van der Waals surface area (Å²) in [5.74, 6) is 0. The van der Waals surface area contributed by atoms with Gasteiger partial charge in [0.25, 0.3) is 0 Å². The fourth-order valence-corrected chi connectivity index (χ4v) is 5.18. The van der Waals surface area contributed by atoms with Crippen LogP contribution in [0.15, 0.2) is 71.8 Å². The summed E-state index contributed by atoms with van der Waals surface area (Å²) in [6, 6.07) is 17.1. The van der Waals surface area contributed by atoms with Gasteiger partial charge in [0, 0.05) is 35.0 Å². The van der Waals surface area contributed by atoms with Crippen LogP contribution in [0.25, 0.3) is 0 Å². The molecule has 1 aromatic heterocycles. The summed E-state index contributed by atoms with van der Waals surface area (Å²) < 4.78 is 30.3. The minimum absolute atomic E-state index is 0.237. The Bertz CT molecular complexity index is 1030. The number of halogens is 2. The van der Waals surface area contributed by atoms with E-state index in [9.17, 15) is 8.42 Å². The van der Waals surface area contributed by atoms with Crippen molar-refractivity contribution < 1.29 is 8.42 Å². The van der Waals surface area contributed by atoms with Crippen LogP contribution in [0, 0.1) is 0 Å². The summed E-state index contributed by atoms with van der Waals surface area (Å²) in [5, 5.41) is 1.12. The van der Waals surface area contributed by atoms with Crippen molar-refractivity contribution >= 4 is 33.2 Å². The molecular formula is C19H16Cl2N2O2S. The molecule has 0 bridgehead atoms. The van der Waals surface area contributed by atoms with Crippen LogP contribution in [0.4, 0.5) is 0 Å². The van der Waals surface area contributed by atoms with Crippen molar-refractivity contribution in [3.8, 4) is 0 Å². The van der Waals surface area contributed by atoms with Gasteiger partial charge < -0.3 is 4.57 Å². The first-order valence-electron chi connectivity index (χ1n) is 8.15. The topological polar surface area (TPSA) is 42.3 Å². The standard InChI is InChI=1S/C19H16Cl2N2O2S/c20-15-5-3-14(4-6-15)19-18-2-1-11-22(18)12-13-23(19)26(24,25)17-9-7-16(21)8-10-17/h1-11,19H,12-13H2/t19-/m0/s1. The van der Waals surface area contributed by atoms with Gasteiger partial charge in [0.05, 0.1) is 10.9 Å². The smallest absolute Gasteiger partial charge is 0.244 e. The SMILES string of the molecule is O=S(=O)(c1ccc(Cl)cc1)N1CCn2cccc2[C@@H]1c1ccc(Cl)cc1. The van der Waals surface area contributed by atoms with Crippen LogP contribution >= 0.6 is 23.2 Å². The van der Waals surface area contributed by atoms with E-state index >= 15 is 0 Å². The molecule has 4 nitrogen and oxygen atoms in total. The van der Waals surface area contributed by atoms with Crippen molar-refractivity contribution in [1.29, 1.82) is 0 Å². The van der Waals surface area contributed by atoms with E-state index in [1.54, 1.807) is 40.7 Å². The zero-order valence-corrected chi connectivity index (χ0v) is 16.0. The summed E-state index contributed by atoms with van der Waals surface area (Å²) in [5.41, 5.74) is 1.82. The molecule has 0 amide bonds. The van der Waals surface area contributed by atoms with Crippen LogP contribution in [0.3, 0.4) is 0 Å². The highest BCUT2D eigenvalue weighted by atomic mass is 35.5. The Labute approximate surface area is 162 Å². The average Bonchev–Trinajstić information content (AvgIpc) is 3.11. The Hall–Kier alpha value is -1.79. The molecule has 2 heterocycles. The highest BCUT2D eigenvalue weighted by Crippen LogP contribution is 2.36. The monoisotopic (exact) mass is 406 g/mol. The largest absolute Gasteiger partial charge is 0.348 e. The van der Waals surface area contributed by atoms with Crippen molar-refractivity contribution in [2.75, 3.05) is 6.54 Å². The van der Waals surface area contributed by atoms with Crippen molar-refractivity contribution in [2.24, 2.45) is 0 Å². The maximum absolute atomic E-state index is 13.3. The zero-order valence-electron chi connectivity index (χ0n) is 13.7. The molecule has 0 aliphatic carbocycles. The lowest BCUT2D eigenvalue weighted by molar-refractivity contribution is 0.298. The quantitative estimate of drug-likeness (QED) is 0.638. The molecule has 0 fully saturated rings. The van der Waals surface area contributed by atoms with Gasteiger partial charge in [0.1, 0.15) is 0 Å². The average molecular weight is 407 g/mol. The summed E-state index contributed by atoms with van der Waals surface area (Å²) in [7, 11) is -3.68. The lowest BCUT2D eigenvalue weighted by atomic mass is 10.0. The first kappa shape index (κ1) is 17.6. The van der Waals surface area contributed by atoms with Gasteiger partial charge in [-0.15, -0.1) is 0 Å². The fraction of sp³-hybridized carbons (Fsp3) is 0.158. The number of fused-ring (bicyclic) bond motifs is 1. The number of rotatable bonds is 3. The van der Waals surface area contributed by atoms with Gasteiger partial charge in [0.15, 0.2) is 0 Å². The third-order valence-electron chi connectivity index (χ3n) is 4.60. The van der Waals surface area contributed by atoms with Crippen molar-refractivity contribution in [3.05, 3.63) is 88.2 Å². The number of sulfonamides is 1. The molecule has 1 aliphatic heterocycles. The highest BCUT2D eigenvalue weighted by molar-refractivity contribution is 7.89. The molecule has 0 saturated carbocycles. The molecule has 134 valence electrons.